The molecule has 1 fully saturated rings. The Bertz CT molecular complexity index is 978. The lowest BCUT2D eigenvalue weighted by atomic mass is 9.77. The fourth-order valence-corrected chi connectivity index (χ4v) is 4.04. The van der Waals surface area contributed by atoms with Gasteiger partial charge in [0, 0.05) is 18.8 Å². The van der Waals surface area contributed by atoms with E-state index in [-0.39, 0.29) is 11.9 Å². The molecule has 0 amide bonds. The Morgan fingerprint density at radius 1 is 1.27 bits per heavy atom. The molecule has 0 aliphatic heterocycles. The average molecular weight is 370 g/mol. The second-order valence-corrected chi connectivity index (χ2v) is 7.19. The number of alkyl halides is 1. The van der Waals surface area contributed by atoms with Crippen molar-refractivity contribution in [1.29, 1.82) is 0 Å². The highest BCUT2D eigenvalue weighted by molar-refractivity contribution is 6.17. The number of hydrogen-bond donors (Lipinski definition) is 0. The zero-order valence-corrected chi connectivity index (χ0v) is 15.5. The summed E-state index contributed by atoms with van der Waals surface area (Å²) in [5.74, 6) is 0.192. The van der Waals surface area contributed by atoms with E-state index >= 15 is 0 Å². The third-order valence-electron chi connectivity index (χ3n) is 5.34. The molecular weight excluding hydrogens is 350 g/mol. The molecule has 0 saturated heterocycles. The van der Waals surface area contributed by atoms with Gasteiger partial charge in [0.15, 0.2) is 0 Å². The van der Waals surface area contributed by atoms with Crippen molar-refractivity contribution in [1.82, 2.24) is 15.0 Å². The summed E-state index contributed by atoms with van der Waals surface area (Å²) in [7, 11) is 3.33. The quantitative estimate of drug-likeness (QED) is 0.507. The summed E-state index contributed by atoms with van der Waals surface area (Å²) in [5.41, 5.74) is 4.43. The number of aromatic nitrogens is 3. The number of methoxy groups -OCH3 is 1. The third kappa shape index (κ3) is 2.67. The van der Waals surface area contributed by atoms with E-state index in [4.69, 9.17) is 16.3 Å². The van der Waals surface area contributed by atoms with E-state index in [0.29, 0.717) is 5.88 Å². The van der Waals surface area contributed by atoms with Crippen LogP contribution in [0.5, 0.6) is 0 Å². The van der Waals surface area contributed by atoms with Gasteiger partial charge in [0.1, 0.15) is 5.52 Å². The van der Waals surface area contributed by atoms with Crippen molar-refractivity contribution >= 4 is 28.6 Å². The molecule has 134 valence electrons. The summed E-state index contributed by atoms with van der Waals surface area (Å²) in [6, 6.07) is 14.2. The van der Waals surface area contributed by atoms with E-state index in [1.807, 2.05) is 31.3 Å². The van der Waals surface area contributed by atoms with Crippen LogP contribution in [0, 0.1) is 5.41 Å². The van der Waals surface area contributed by atoms with Crippen LogP contribution in [0.1, 0.15) is 35.4 Å². The number of aryl methyl sites for hydroxylation is 1. The molecule has 1 aliphatic rings. The fourth-order valence-electron chi connectivity index (χ4n) is 3.87. The molecular formula is C20H20ClN3O2. The number of halogens is 1. The van der Waals surface area contributed by atoms with Crippen molar-refractivity contribution in [3.63, 3.8) is 0 Å². The highest BCUT2D eigenvalue weighted by Gasteiger charge is 2.57. The molecule has 1 unspecified atom stereocenters. The van der Waals surface area contributed by atoms with E-state index in [2.05, 4.69) is 28.5 Å². The smallest absolute Gasteiger partial charge is 0.312 e. The largest absolute Gasteiger partial charge is 0.469 e. The number of esters is 1. The van der Waals surface area contributed by atoms with E-state index in [0.717, 1.165) is 40.6 Å². The highest BCUT2D eigenvalue weighted by atomic mass is 35.5. The monoisotopic (exact) mass is 369 g/mol. The van der Waals surface area contributed by atoms with Gasteiger partial charge < -0.3 is 4.74 Å². The van der Waals surface area contributed by atoms with Gasteiger partial charge >= 0.3 is 5.97 Å². The molecule has 1 saturated carbocycles. The minimum absolute atomic E-state index is 0.0930. The van der Waals surface area contributed by atoms with Gasteiger partial charge in [-0.1, -0.05) is 35.5 Å². The molecule has 26 heavy (non-hydrogen) atoms. The zero-order valence-electron chi connectivity index (χ0n) is 14.8. The second kappa shape index (κ2) is 6.40. The van der Waals surface area contributed by atoms with Crippen molar-refractivity contribution in [3.05, 3.63) is 59.2 Å². The normalized spacial score (nSPS) is 16.4. The third-order valence-corrected chi connectivity index (χ3v) is 5.65. The summed E-state index contributed by atoms with van der Waals surface area (Å²) in [6.07, 6.45) is 1.63. The molecule has 2 aromatic carbocycles. The van der Waals surface area contributed by atoms with E-state index in [1.54, 1.807) is 4.68 Å². The standard InChI is InChI=1S/C20H20ClN3O2/c1-24-17-7-6-15(11-16(17)22-23-24)18(20(8-9-20)19(25)26-2)14-5-3-4-13(10-14)12-21/h3-7,10-11,18H,8-9,12H2,1-2H3. The molecule has 1 heterocycles. The molecule has 1 atom stereocenters. The lowest BCUT2D eigenvalue weighted by Crippen LogP contribution is -2.26. The topological polar surface area (TPSA) is 57.0 Å². The Morgan fingerprint density at radius 3 is 2.73 bits per heavy atom. The first-order valence-electron chi connectivity index (χ1n) is 8.61. The minimum Gasteiger partial charge on any atom is -0.469 e. The maximum absolute atomic E-state index is 12.6. The number of ether oxygens (including phenoxy) is 1. The van der Waals surface area contributed by atoms with Crippen LogP contribution in [-0.4, -0.2) is 28.1 Å². The molecule has 0 spiro atoms. The Balaban J connectivity index is 1.88. The summed E-state index contributed by atoms with van der Waals surface area (Å²) in [5, 5.41) is 8.31. The van der Waals surface area contributed by atoms with Crippen molar-refractivity contribution < 1.29 is 9.53 Å². The van der Waals surface area contributed by atoms with E-state index < -0.39 is 5.41 Å². The SMILES string of the molecule is COC(=O)C1(C(c2cccc(CCl)c2)c2ccc3c(c2)nnn3C)CC1. The van der Waals surface area contributed by atoms with Crippen LogP contribution in [-0.2, 0) is 22.5 Å². The molecule has 6 heteroatoms. The number of carbonyl (C=O) groups is 1. The summed E-state index contributed by atoms with van der Waals surface area (Å²) in [4.78, 5) is 12.6. The second-order valence-electron chi connectivity index (χ2n) is 6.92. The van der Waals surface area contributed by atoms with Crippen LogP contribution in [0.25, 0.3) is 11.0 Å². The number of carbonyl (C=O) groups excluding carboxylic acids is 1. The van der Waals surface area contributed by atoms with E-state index in [1.165, 1.54) is 7.11 Å². The van der Waals surface area contributed by atoms with Crippen LogP contribution in [0.3, 0.4) is 0 Å². The van der Waals surface area contributed by atoms with Gasteiger partial charge in [0.05, 0.1) is 18.0 Å². The maximum Gasteiger partial charge on any atom is 0.312 e. The van der Waals surface area contributed by atoms with E-state index in [9.17, 15) is 4.79 Å². The molecule has 5 nitrogen and oxygen atoms in total. The summed E-state index contributed by atoms with van der Waals surface area (Å²) < 4.78 is 6.90. The summed E-state index contributed by atoms with van der Waals surface area (Å²) >= 11 is 6.04. The van der Waals surface area contributed by atoms with Crippen molar-refractivity contribution in [2.75, 3.05) is 7.11 Å². The number of benzene rings is 2. The Morgan fingerprint density at radius 2 is 2.04 bits per heavy atom. The predicted octanol–water partition coefficient (Wildman–Crippen LogP) is 3.79. The van der Waals surface area contributed by atoms with Gasteiger partial charge in [0.2, 0.25) is 0 Å². The lowest BCUT2D eigenvalue weighted by molar-refractivity contribution is -0.147. The Kier molecular flexibility index (Phi) is 4.19. The van der Waals surface area contributed by atoms with Gasteiger partial charge in [-0.15, -0.1) is 16.7 Å². The fraction of sp³-hybridized carbons (Fsp3) is 0.350. The number of hydrogen-bond acceptors (Lipinski definition) is 4. The van der Waals surface area contributed by atoms with Crippen LogP contribution in [0.2, 0.25) is 0 Å². The molecule has 0 N–H and O–H groups in total. The van der Waals surface area contributed by atoms with Crippen molar-refractivity contribution in [3.8, 4) is 0 Å². The Hall–Kier alpha value is -2.40. The molecule has 3 aromatic rings. The number of nitrogens with zero attached hydrogens (tertiary/aromatic N) is 3. The van der Waals surface area contributed by atoms with Gasteiger partial charge in [-0.2, -0.15) is 0 Å². The first kappa shape index (κ1) is 17.0. The van der Waals surface area contributed by atoms with Gasteiger partial charge in [-0.05, 0) is 41.7 Å². The van der Waals surface area contributed by atoms with Crippen molar-refractivity contribution in [2.45, 2.75) is 24.6 Å². The first-order chi connectivity index (χ1) is 12.6. The number of fused-ring (bicyclic) bond motifs is 1. The summed E-state index contributed by atoms with van der Waals surface area (Å²) in [6.45, 7) is 0. The molecule has 0 bridgehead atoms. The molecule has 4 rings (SSSR count). The zero-order chi connectivity index (χ0) is 18.3. The van der Waals surface area contributed by atoms with Gasteiger partial charge in [-0.3, -0.25) is 4.79 Å². The Labute approximate surface area is 156 Å². The van der Waals surface area contributed by atoms with Crippen LogP contribution < -0.4 is 0 Å². The maximum atomic E-state index is 12.6. The lowest BCUT2D eigenvalue weighted by Gasteiger charge is -2.26. The number of rotatable bonds is 5. The van der Waals surface area contributed by atoms with Crippen LogP contribution in [0.4, 0.5) is 0 Å². The average Bonchev–Trinajstić information content (AvgIpc) is 3.39. The van der Waals surface area contributed by atoms with Gasteiger partial charge in [-0.25, -0.2) is 4.68 Å². The predicted molar refractivity (Wildman–Crippen MR) is 100 cm³/mol. The molecule has 1 aromatic heterocycles. The highest BCUT2D eigenvalue weighted by Crippen LogP contribution is 2.59. The minimum atomic E-state index is -0.518. The van der Waals surface area contributed by atoms with Gasteiger partial charge in [0.25, 0.3) is 0 Å². The molecule has 0 radical (unpaired) electrons. The van der Waals surface area contributed by atoms with Crippen molar-refractivity contribution in [2.24, 2.45) is 12.5 Å². The van der Waals surface area contributed by atoms with Crippen LogP contribution >= 0.6 is 11.6 Å². The van der Waals surface area contributed by atoms with Crippen LogP contribution in [0.15, 0.2) is 42.5 Å². The first-order valence-corrected chi connectivity index (χ1v) is 9.15. The molecule has 1 aliphatic carbocycles.